The van der Waals surface area contributed by atoms with E-state index in [-0.39, 0.29) is 6.04 Å². The van der Waals surface area contributed by atoms with Gasteiger partial charge in [0.05, 0.1) is 0 Å². The highest BCUT2D eigenvalue weighted by Crippen LogP contribution is 2.06. The lowest BCUT2D eigenvalue weighted by atomic mass is 10.2. The van der Waals surface area contributed by atoms with Crippen molar-refractivity contribution in [3.8, 4) is 11.8 Å². The molecule has 0 amide bonds. The average Bonchev–Trinajstić information content (AvgIpc) is 1.94. The molecule has 0 aliphatic carbocycles. The van der Waals surface area contributed by atoms with Crippen molar-refractivity contribution < 1.29 is 9.53 Å². The summed E-state index contributed by atoms with van der Waals surface area (Å²) in [6, 6.07) is 0.128. The predicted octanol–water partition coefficient (Wildman–Crippen LogP) is 1.46. The van der Waals surface area contributed by atoms with Crippen molar-refractivity contribution in [2.45, 2.75) is 52.2 Å². The molecule has 1 atom stereocenters. The molecule has 0 aromatic carbocycles. The van der Waals surface area contributed by atoms with Crippen molar-refractivity contribution in [2.24, 2.45) is 5.73 Å². The fourth-order valence-electron chi connectivity index (χ4n) is 0.738. The molecule has 0 rings (SSSR count). The number of hydrogen-bond acceptors (Lipinski definition) is 3. The van der Waals surface area contributed by atoms with Crippen molar-refractivity contribution in [1.82, 2.24) is 0 Å². The Bertz CT molecular complexity index is 240. The zero-order valence-electron chi connectivity index (χ0n) is 9.39. The zero-order chi connectivity index (χ0) is 11.2. The molecule has 0 bridgehead atoms. The van der Waals surface area contributed by atoms with Crippen LogP contribution in [-0.4, -0.2) is 17.6 Å². The van der Waals surface area contributed by atoms with Gasteiger partial charge in [-0.3, -0.25) is 0 Å². The van der Waals surface area contributed by atoms with Gasteiger partial charge < -0.3 is 10.5 Å². The average molecular weight is 197 g/mol. The minimum Gasteiger partial charge on any atom is -0.450 e. The van der Waals surface area contributed by atoms with Crippen molar-refractivity contribution >= 4 is 5.97 Å². The summed E-state index contributed by atoms with van der Waals surface area (Å²) in [5.74, 6) is 4.69. The van der Waals surface area contributed by atoms with Crippen LogP contribution in [0.15, 0.2) is 0 Å². The second-order valence-electron chi connectivity index (χ2n) is 4.32. The Kier molecular flexibility index (Phi) is 5.26. The quantitative estimate of drug-likeness (QED) is 0.414. The lowest BCUT2D eigenvalue weighted by Crippen LogP contribution is -2.22. The van der Waals surface area contributed by atoms with Crippen molar-refractivity contribution in [1.29, 1.82) is 0 Å². The minimum absolute atomic E-state index is 0.128. The zero-order valence-corrected chi connectivity index (χ0v) is 9.39. The summed E-state index contributed by atoms with van der Waals surface area (Å²) in [6.07, 6.45) is 1.44. The van der Waals surface area contributed by atoms with Gasteiger partial charge in [-0.25, -0.2) is 4.79 Å². The first-order valence-corrected chi connectivity index (χ1v) is 4.78. The first kappa shape index (κ1) is 13.0. The van der Waals surface area contributed by atoms with Crippen LogP contribution in [0.3, 0.4) is 0 Å². The number of carbonyl (C=O) groups excluding carboxylic acids is 1. The Morgan fingerprint density at radius 3 is 2.50 bits per heavy atom. The summed E-state index contributed by atoms with van der Waals surface area (Å²) in [7, 11) is 0. The third kappa shape index (κ3) is 9.08. The number of esters is 1. The van der Waals surface area contributed by atoms with E-state index in [0.29, 0.717) is 6.42 Å². The van der Waals surface area contributed by atoms with E-state index < -0.39 is 11.6 Å². The fraction of sp³-hybridized carbons (Fsp3) is 0.727. The summed E-state index contributed by atoms with van der Waals surface area (Å²) < 4.78 is 5.00. The van der Waals surface area contributed by atoms with E-state index in [9.17, 15) is 4.79 Å². The Hall–Kier alpha value is -1.01. The van der Waals surface area contributed by atoms with E-state index in [1.54, 1.807) is 0 Å². The van der Waals surface area contributed by atoms with E-state index in [0.717, 1.165) is 6.42 Å². The van der Waals surface area contributed by atoms with Crippen LogP contribution in [0.4, 0.5) is 0 Å². The predicted molar refractivity (Wildman–Crippen MR) is 56.5 cm³/mol. The molecule has 3 nitrogen and oxygen atoms in total. The maximum atomic E-state index is 11.1. The Labute approximate surface area is 86.0 Å². The first-order valence-electron chi connectivity index (χ1n) is 4.78. The van der Waals surface area contributed by atoms with E-state index in [1.807, 2.05) is 27.7 Å². The minimum atomic E-state index is -0.470. The standard InChI is InChI=1S/C11H19NO2/c1-9(12)7-5-6-8-10(13)14-11(2,3)4/h9H,5,7,12H2,1-4H3. The smallest absolute Gasteiger partial charge is 0.384 e. The van der Waals surface area contributed by atoms with Gasteiger partial charge in [-0.15, -0.1) is 0 Å². The third-order valence-electron chi connectivity index (χ3n) is 1.31. The number of carbonyl (C=O) groups is 1. The van der Waals surface area contributed by atoms with Crippen molar-refractivity contribution in [2.75, 3.05) is 0 Å². The molecule has 0 radical (unpaired) electrons. The van der Waals surface area contributed by atoms with Crippen LogP contribution in [0, 0.1) is 11.8 Å². The lowest BCUT2D eigenvalue weighted by Gasteiger charge is -2.16. The molecule has 0 heterocycles. The summed E-state index contributed by atoms with van der Waals surface area (Å²) >= 11 is 0. The second kappa shape index (κ2) is 5.66. The number of hydrogen-bond donors (Lipinski definition) is 1. The molecule has 0 saturated carbocycles. The van der Waals surface area contributed by atoms with Crippen LogP contribution < -0.4 is 5.73 Å². The largest absolute Gasteiger partial charge is 0.450 e. The molecule has 1 unspecified atom stereocenters. The summed E-state index contributed by atoms with van der Waals surface area (Å²) in [6.45, 7) is 7.35. The van der Waals surface area contributed by atoms with Gasteiger partial charge in [0.25, 0.3) is 0 Å². The van der Waals surface area contributed by atoms with Gasteiger partial charge in [0, 0.05) is 18.4 Å². The second-order valence-corrected chi connectivity index (χ2v) is 4.32. The molecular weight excluding hydrogens is 178 g/mol. The summed E-state index contributed by atoms with van der Waals surface area (Å²) in [5, 5.41) is 0. The maximum Gasteiger partial charge on any atom is 0.384 e. The van der Waals surface area contributed by atoms with E-state index in [2.05, 4.69) is 11.8 Å². The molecule has 0 saturated heterocycles. The SMILES string of the molecule is CC(N)CCC#CC(=O)OC(C)(C)C. The molecule has 2 N–H and O–H groups in total. The van der Waals surface area contributed by atoms with Gasteiger partial charge in [0.1, 0.15) is 5.60 Å². The van der Waals surface area contributed by atoms with E-state index in [4.69, 9.17) is 10.5 Å². The molecule has 0 aromatic heterocycles. The molecule has 0 aliphatic rings. The molecule has 0 spiro atoms. The molecule has 3 heteroatoms. The Morgan fingerprint density at radius 1 is 1.50 bits per heavy atom. The van der Waals surface area contributed by atoms with Crippen LogP contribution in [0.1, 0.15) is 40.5 Å². The van der Waals surface area contributed by atoms with Gasteiger partial charge in [-0.05, 0) is 34.1 Å². The van der Waals surface area contributed by atoms with Gasteiger partial charge in [0.15, 0.2) is 0 Å². The van der Waals surface area contributed by atoms with Gasteiger partial charge >= 0.3 is 5.97 Å². The Balaban J connectivity index is 3.82. The number of ether oxygens (including phenoxy) is 1. The van der Waals surface area contributed by atoms with Crippen molar-refractivity contribution in [3.05, 3.63) is 0 Å². The molecular formula is C11H19NO2. The van der Waals surface area contributed by atoms with Crippen LogP contribution in [0.2, 0.25) is 0 Å². The van der Waals surface area contributed by atoms with Crippen LogP contribution in [-0.2, 0) is 9.53 Å². The van der Waals surface area contributed by atoms with Crippen LogP contribution in [0.5, 0.6) is 0 Å². The lowest BCUT2D eigenvalue weighted by molar-refractivity contribution is -0.147. The maximum absolute atomic E-state index is 11.1. The fourth-order valence-corrected chi connectivity index (χ4v) is 0.738. The van der Waals surface area contributed by atoms with E-state index >= 15 is 0 Å². The summed E-state index contributed by atoms with van der Waals surface area (Å²) in [5.41, 5.74) is 5.06. The van der Waals surface area contributed by atoms with Crippen LogP contribution in [0.25, 0.3) is 0 Å². The van der Waals surface area contributed by atoms with Gasteiger partial charge in [-0.1, -0.05) is 5.92 Å². The highest BCUT2D eigenvalue weighted by atomic mass is 16.6. The van der Waals surface area contributed by atoms with Crippen molar-refractivity contribution in [3.63, 3.8) is 0 Å². The van der Waals surface area contributed by atoms with Crippen LogP contribution >= 0.6 is 0 Å². The van der Waals surface area contributed by atoms with Gasteiger partial charge in [-0.2, -0.15) is 0 Å². The molecule has 0 aromatic rings. The number of nitrogens with two attached hydrogens (primary N) is 1. The third-order valence-corrected chi connectivity index (χ3v) is 1.31. The molecule has 80 valence electrons. The molecule has 0 aliphatic heterocycles. The molecule has 14 heavy (non-hydrogen) atoms. The monoisotopic (exact) mass is 197 g/mol. The highest BCUT2D eigenvalue weighted by molar-refractivity contribution is 5.88. The molecule has 0 fully saturated rings. The topological polar surface area (TPSA) is 52.3 Å². The van der Waals surface area contributed by atoms with E-state index in [1.165, 1.54) is 0 Å². The first-order chi connectivity index (χ1) is 6.31. The number of rotatable bonds is 2. The summed E-state index contributed by atoms with van der Waals surface area (Å²) in [4.78, 5) is 11.1. The normalized spacial score (nSPS) is 12.6. The van der Waals surface area contributed by atoms with Gasteiger partial charge in [0.2, 0.25) is 0 Å². The highest BCUT2D eigenvalue weighted by Gasteiger charge is 2.13. The Morgan fingerprint density at radius 2 is 2.07 bits per heavy atom.